The van der Waals surface area contributed by atoms with Crippen molar-refractivity contribution in [3.8, 4) is 22.4 Å². The molecule has 0 saturated carbocycles. The zero-order valence-corrected chi connectivity index (χ0v) is 16.0. The van der Waals surface area contributed by atoms with Crippen LogP contribution in [0.15, 0.2) is 97.1 Å². The highest BCUT2D eigenvalue weighted by Crippen LogP contribution is 2.25. The lowest BCUT2D eigenvalue weighted by atomic mass is 10.0. The minimum absolute atomic E-state index is 0.767. The Hall–Kier alpha value is -2.90. The number of halogens is 1. The van der Waals surface area contributed by atoms with Crippen molar-refractivity contribution in [3.05, 3.63) is 113 Å². The first-order chi connectivity index (χ1) is 13.2. The average molecular weight is 371 g/mol. The molecule has 0 unspecified atom stereocenters. The minimum atomic E-state index is 0.767. The second-order valence-corrected chi connectivity index (χ2v) is 7.15. The van der Waals surface area contributed by atoms with Gasteiger partial charge in [-0.25, -0.2) is 0 Å². The molecule has 2 heteroatoms. The molecule has 0 radical (unpaired) electrons. The molecule has 0 atom stereocenters. The van der Waals surface area contributed by atoms with E-state index in [1.54, 1.807) is 0 Å². The van der Waals surface area contributed by atoms with Crippen LogP contribution in [-0.2, 0) is 6.54 Å². The average Bonchev–Trinajstić information content (AvgIpc) is 2.72. The number of pyridine rings is 1. The molecule has 1 aromatic heterocycles. The Morgan fingerprint density at radius 3 is 1.89 bits per heavy atom. The Morgan fingerprint density at radius 2 is 1.26 bits per heavy atom. The van der Waals surface area contributed by atoms with Crippen LogP contribution < -0.4 is 4.57 Å². The molecule has 0 aliphatic rings. The SMILES string of the molecule is Cc1cc(-c2ccccc2)cc(-c2ccccc2)[n+]1Cc1ccc(Cl)cc1. The molecule has 0 aliphatic carbocycles. The highest BCUT2D eigenvalue weighted by atomic mass is 35.5. The first-order valence-electron chi connectivity index (χ1n) is 9.10. The van der Waals surface area contributed by atoms with Crippen LogP contribution >= 0.6 is 11.6 Å². The van der Waals surface area contributed by atoms with Crippen LogP contribution in [-0.4, -0.2) is 0 Å². The predicted molar refractivity (Wildman–Crippen MR) is 113 cm³/mol. The lowest BCUT2D eigenvalue weighted by Gasteiger charge is -2.11. The highest BCUT2D eigenvalue weighted by molar-refractivity contribution is 6.30. The van der Waals surface area contributed by atoms with Gasteiger partial charge in [0.25, 0.3) is 0 Å². The van der Waals surface area contributed by atoms with E-state index in [1.807, 2.05) is 12.1 Å². The topological polar surface area (TPSA) is 3.88 Å². The fourth-order valence-electron chi connectivity index (χ4n) is 3.39. The van der Waals surface area contributed by atoms with Crippen molar-refractivity contribution in [1.29, 1.82) is 0 Å². The van der Waals surface area contributed by atoms with Gasteiger partial charge in [-0.15, -0.1) is 0 Å². The summed E-state index contributed by atoms with van der Waals surface area (Å²) in [7, 11) is 0. The maximum absolute atomic E-state index is 6.05. The van der Waals surface area contributed by atoms with Gasteiger partial charge in [0.15, 0.2) is 12.2 Å². The van der Waals surface area contributed by atoms with Gasteiger partial charge in [-0.05, 0) is 35.4 Å². The number of hydrogen-bond acceptors (Lipinski definition) is 0. The van der Waals surface area contributed by atoms with E-state index in [-0.39, 0.29) is 0 Å². The monoisotopic (exact) mass is 370 g/mol. The van der Waals surface area contributed by atoms with Crippen LogP contribution in [0.5, 0.6) is 0 Å². The van der Waals surface area contributed by atoms with Gasteiger partial charge in [-0.2, -0.15) is 4.57 Å². The zero-order chi connectivity index (χ0) is 18.6. The van der Waals surface area contributed by atoms with Crippen molar-refractivity contribution in [2.24, 2.45) is 0 Å². The second kappa shape index (κ2) is 7.77. The van der Waals surface area contributed by atoms with Gasteiger partial charge in [0.2, 0.25) is 5.69 Å². The van der Waals surface area contributed by atoms with E-state index in [4.69, 9.17) is 11.6 Å². The highest BCUT2D eigenvalue weighted by Gasteiger charge is 2.19. The molecule has 3 aromatic carbocycles. The zero-order valence-electron chi connectivity index (χ0n) is 15.3. The fourth-order valence-corrected chi connectivity index (χ4v) is 3.51. The van der Waals surface area contributed by atoms with E-state index in [2.05, 4.69) is 96.4 Å². The molecule has 27 heavy (non-hydrogen) atoms. The molecule has 1 heterocycles. The third kappa shape index (κ3) is 3.94. The van der Waals surface area contributed by atoms with Crippen molar-refractivity contribution >= 4 is 11.6 Å². The molecule has 0 N–H and O–H groups in total. The van der Waals surface area contributed by atoms with Crippen LogP contribution in [0.2, 0.25) is 5.02 Å². The summed E-state index contributed by atoms with van der Waals surface area (Å²) >= 11 is 6.05. The van der Waals surface area contributed by atoms with Crippen LogP contribution in [0.1, 0.15) is 11.3 Å². The van der Waals surface area contributed by atoms with Crippen molar-refractivity contribution in [1.82, 2.24) is 0 Å². The van der Waals surface area contributed by atoms with Crippen molar-refractivity contribution in [2.75, 3.05) is 0 Å². The molecule has 1 nitrogen and oxygen atoms in total. The van der Waals surface area contributed by atoms with Crippen molar-refractivity contribution in [3.63, 3.8) is 0 Å². The van der Waals surface area contributed by atoms with Crippen LogP contribution in [0.3, 0.4) is 0 Å². The summed E-state index contributed by atoms with van der Waals surface area (Å²) in [4.78, 5) is 0. The van der Waals surface area contributed by atoms with Crippen LogP contribution in [0, 0.1) is 6.92 Å². The van der Waals surface area contributed by atoms with Crippen molar-refractivity contribution in [2.45, 2.75) is 13.5 Å². The summed E-state index contributed by atoms with van der Waals surface area (Å²) < 4.78 is 2.37. The van der Waals surface area contributed by atoms with Crippen LogP contribution in [0.4, 0.5) is 0 Å². The van der Waals surface area contributed by atoms with E-state index < -0.39 is 0 Å². The first kappa shape index (κ1) is 17.5. The number of aryl methyl sites for hydroxylation is 1. The van der Waals surface area contributed by atoms with Gasteiger partial charge < -0.3 is 0 Å². The normalized spacial score (nSPS) is 10.7. The Balaban J connectivity index is 1.85. The van der Waals surface area contributed by atoms with E-state index in [9.17, 15) is 0 Å². The van der Waals surface area contributed by atoms with Gasteiger partial charge >= 0.3 is 0 Å². The summed E-state index contributed by atoms with van der Waals surface area (Å²) in [6.45, 7) is 2.98. The maximum Gasteiger partial charge on any atom is 0.213 e. The van der Waals surface area contributed by atoms with E-state index in [1.165, 1.54) is 33.6 Å². The van der Waals surface area contributed by atoms with Crippen molar-refractivity contribution < 1.29 is 4.57 Å². The first-order valence-corrected chi connectivity index (χ1v) is 9.48. The molecule has 0 saturated heterocycles. The van der Waals surface area contributed by atoms with Gasteiger partial charge in [-0.1, -0.05) is 72.3 Å². The number of hydrogen-bond donors (Lipinski definition) is 0. The number of rotatable bonds is 4. The molecule has 4 rings (SSSR count). The molecule has 0 aliphatic heterocycles. The second-order valence-electron chi connectivity index (χ2n) is 6.72. The fraction of sp³-hybridized carbons (Fsp3) is 0.0800. The number of aromatic nitrogens is 1. The number of nitrogens with zero attached hydrogens (tertiary/aromatic N) is 1. The van der Waals surface area contributed by atoms with E-state index in [0.29, 0.717) is 0 Å². The summed E-state index contributed by atoms with van der Waals surface area (Å²) in [5.41, 5.74) is 7.36. The van der Waals surface area contributed by atoms with Gasteiger partial charge in [0, 0.05) is 35.2 Å². The third-order valence-corrected chi connectivity index (χ3v) is 5.06. The quantitative estimate of drug-likeness (QED) is 0.370. The molecular weight excluding hydrogens is 350 g/mol. The van der Waals surface area contributed by atoms with Gasteiger partial charge in [-0.3, -0.25) is 0 Å². The molecular formula is C25H21ClN+. The largest absolute Gasteiger partial charge is 0.213 e. The standard InChI is InChI=1S/C25H21ClN/c1-19-16-23(21-8-4-2-5-9-21)17-25(22-10-6-3-7-11-22)27(19)18-20-12-14-24(26)15-13-20/h2-17H,18H2,1H3/q+1. The Bertz CT molecular complexity index is 1040. The van der Waals surface area contributed by atoms with Crippen LogP contribution in [0.25, 0.3) is 22.4 Å². The lowest BCUT2D eigenvalue weighted by molar-refractivity contribution is -0.683. The summed E-state index contributed by atoms with van der Waals surface area (Å²) in [5, 5.41) is 0.767. The van der Waals surface area contributed by atoms with Gasteiger partial charge in [0.05, 0.1) is 0 Å². The third-order valence-electron chi connectivity index (χ3n) is 4.80. The lowest BCUT2D eigenvalue weighted by Crippen LogP contribution is -2.40. The molecule has 0 fully saturated rings. The summed E-state index contributed by atoms with van der Waals surface area (Å²) in [5.74, 6) is 0. The Kier molecular flexibility index (Phi) is 5.04. The van der Waals surface area contributed by atoms with E-state index in [0.717, 1.165) is 11.6 Å². The Morgan fingerprint density at radius 1 is 0.667 bits per heavy atom. The summed E-state index contributed by atoms with van der Waals surface area (Å²) in [6, 6.07) is 33.8. The molecule has 132 valence electrons. The number of benzene rings is 3. The predicted octanol–water partition coefficient (Wildman–Crippen LogP) is 6.32. The summed E-state index contributed by atoms with van der Waals surface area (Å²) in [6.07, 6.45) is 0. The molecule has 0 amide bonds. The molecule has 0 spiro atoms. The molecule has 0 bridgehead atoms. The Labute approximate surface area is 165 Å². The maximum atomic E-state index is 6.05. The van der Waals surface area contributed by atoms with Gasteiger partial charge in [0.1, 0.15) is 0 Å². The smallest absolute Gasteiger partial charge is 0.191 e. The minimum Gasteiger partial charge on any atom is -0.191 e. The van der Waals surface area contributed by atoms with E-state index >= 15 is 0 Å². The molecule has 4 aromatic rings.